The highest BCUT2D eigenvalue weighted by atomic mass is 16.4. The molecule has 1 aliphatic heterocycles. The number of nitrogens with one attached hydrogen (secondary N) is 4. The number of carboxylic acid groups (broad SMARTS) is 1. The van der Waals surface area contributed by atoms with E-state index >= 15 is 0 Å². The standard InChI is InChI=1S/C21H35N5O2/c1-4-5-6-7-8-12-15-22-19-24-20(2,3)26-21(25-19,16-18(27)28)23-17-13-10-9-11-14-17/h9-11,13-14,23,26H,4-8,12,15-16H2,1-3H3,(H,27,28)(H2,22,24,25). The van der Waals surface area contributed by atoms with E-state index in [1.54, 1.807) is 0 Å². The van der Waals surface area contributed by atoms with Gasteiger partial charge in [0.1, 0.15) is 6.42 Å². The number of hydrogen-bond donors (Lipinski definition) is 5. The van der Waals surface area contributed by atoms with Gasteiger partial charge in [0.05, 0.1) is 5.66 Å². The maximum atomic E-state index is 11.6. The molecule has 0 amide bonds. The van der Waals surface area contributed by atoms with Crippen LogP contribution in [0.3, 0.4) is 0 Å². The molecule has 28 heavy (non-hydrogen) atoms. The minimum atomic E-state index is -1.04. The Morgan fingerprint density at radius 1 is 1.07 bits per heavy atom. The molecule has 0 aromatic heterocycles. The smallest absolute Gasteiger partial charge is 0.309 e. The van der Waals surface area contributed by atoms with Crippen LogP contribution in [0.4, 0.5) is 5.69 Å². The number of carboxylic acids is 1. The number of unbranched alkanes of at least 4 members (excludes halogenated alkanes) is 5. The third-order valence-electron chi connectivity index (χ3n) is 4.62. The predicted molar refractivity (Wildman–Crippen MR) is 114 cm³/mol. The molecule has 5 N–H and O–H groups in total. The number of rotatable bonds is 11. The molecule has 1 unspecified atom stereocenters. The predicted octanol–water partition coefficient (Wildman–Crippen LogP) is 3.46. The summed E-state index contributed by atoms with van der Waals surface area (Å²) in [5.41, 5.74) is 0.305. The number of aliphatic carboxylic acids is 1. The van der Waals surface area contributed by atoms with Crippen molar-refractivity contribution in [2.24, 2.45) is 4.99 Å². The zero-order valence-electron chi connectivity index (χ0n) is 17.3. The van der Waals surface area contributed by atoms with Crippen LogP contribution in [0.5, 0.6) is 0 Å². The van der Waals surface area contributed by atoms with E-state index in [-0.39, 0.29) is 6.42 Å². The average molecular weight is 390 g/mol. The van der Waals surface area contributed by atoms with E-state index in [0.717, 1.165) is 12.1 Å². The van der Waals surface area contributed by atoms with E-state index in [0.29, 0.717) is 12.5 Å². The highest BCUT2D eigenvalue weighted by Crippen LogP contribution is 2.20. The molecule has 0 aliphatic carbocycles. The van der Waals surface area contributed by atoms with E-state index in [9.17, 15) is 9.90 Å². The van der Waals surface area contributed by atoms with Crippen molar-refractivity contribution in [3.8, 4) is 0 Å². The van der Waals surface area contributed by atoms with Crippen molar-refractivity contribution in [1.82, 2.24) is 16.0 Å². The summed E-state index contributed by atoms with van der Waals surface area (Å²) in [6.07, 6.45) is 7.11. The first-order valence-corrected chi connectivity index (χ1v) is 10.3. The maximum absolute atomic E-state index is 11.6. The van der Waals surface area contributed by atoms with Crippen molar-refractivity contribution in [2.75, 3.05) is 11.9 Å². The fourth-order valence-corrected chi connectivity index (χ4v) is 3.48. The topological polar surface area (TPSA) is 97.8 Å². The third kappa shape index (κ3) is 7.38. The lowest BCUT2D eigenvalue weighted by Gasteiger charge is -2.48. The summed E-state index contributed by atoms with van der Waals surface area (Å²) in [6.45, 7) is 6.87. The summed E-state index contributed by atoms with van der Waals surface area (Å²) < 4.78 is 0. The Balaban J connectivity index is 2.07. The van der Waals surface area contributed by atoms with Gasteiger partial charge in [-0.1, -0.05) is 57.2 Å². The van der Waals surface area contributed by atoms with Gasteiger partial charge in [0, 0.05) is 12.2 Å². The zero-order valence-corrected chi connectivity index (χ0v) is 17.3. The number of nitrogens with zero attached hydrogens (tertiary/aromatic N) is 1. The number of carbonyl (C=O) groups is 1. The third-order valence-corrected chi connectivity index (χ3v) is 4.62. The van der Waals surface area contributed by atoms with Crippen molar-refractivity contribution in [2.45, 2.75) is 77.2 Å². The normalized spacial score (nSPS) is 22.3. The summed E-state index contributed by atoms with van der Waals surface area (Å²) >= 11 is 0. The average Bonchev–Trinajstić information content (AvgIpc) is 2.59. The van der Waals surface area contributed by atoms with Gasteiger partial charge in [0.25, 0.3) is 0 Å². The molecule has 1 aromatic carbocycles. The van der Waals surface area contributed by atoms with Crippen LogP contribution in [-0.4, -0.2) is 35.0 Å². The van der Waals surface area contributed by atoms with Crippen LogP contribution in [0, 0.1) is 0 Å². The molecule has 1 fully saturated rings. The summed E-state index contributed by atoms with van der Waals surface area (Å²) in [5, 5.41) is 22.7. The van der Waals surface area contributed by atoms with Crippen molar-refractivity contribution >= 4 is 17.6 Å². The Bertz CT molecular complexity index is 647. The number of guanidine groups is 1. The van der Waals surface area contributed by atoms with Crippen molar-refractivity contribution in [1.29, 1.82) is 0 Å². The van der Waals surface area contributed by atoms with Crippen LogP contribution in [0.15, 0.2) is 35.3 Å². The summed E-state index contributed by atoms with van der Waals surface area (Å²) in [7, 11) is 0. The molecule has 1 aliphatic rings. The molecule has 156 valence electrons. The molecule has 0 spiro atoms. The Hall–Kier alpha value is -2.28. The molecular weight excluding hydrogens is 354 g/mol. The summed E-state index contributed by atoms with van der Waals surface area (Å²) in [5.74, 6) is -1.33. The number of aliphatic imine (C=N–C) groups is 1. The Labute approximate surface area is 168 Å². The minimum absolute atomic E-state index is 0.150. The monoisotopic (exact) mass is 389 g/mol. The lowest BCUT2D eigenvalue weighted by molar-refractivity contribution is -0.139. The van der Waals surface area contributed by atoms with Gasteiger partial charge in [0.2, 0.25) is 0 Å². The Morgan fingerprint density at radius 3 is 2.43 bits per heavy atom. The van der Waals surface area contributed by atoms with Gasteiger partial charge in [0.15, 0.2) is 11.7 Å². The fourth-order valence-electron chi connectivity index (χ4n) is 3.48. The van der Waals surface area contributed by atoms with Crippen LogP contribution < -0.4 is 21.3 Å². The van der Waals surface area contributed by atoms with E-state index in [1.807, 2.05) is 44.2 Å². The summed E-state index contributed by atoms with van der Waals surface area (Å²) in [6, 6.07) is 9.58. The number of para-hydroxylation sites is 1. The molecule has 7 heteroatoms. The SMILES string of the molecule is CCCCCCCCN=C1NC(C)(C)NC(CC(=O)O)(Nc2ccccc2)N1. The van der Waals surface area contributed by atoms with Gasteiger partial charge < -0.3 is 21.1 Å². The number of benzene rings is 1. The highest BCUT2D eigenvalue weighted by Gasteiger charge is 2.43. The van der Waals surface area contributed by atoms with Gasteiger partial charge in [-0.05, 0) is 32.4 Å². The van der Waals surface area contributed by atoms with Crippen LogP contribution in [0.1, 0.15) is 65.7 Å². The number of hydrogen-bond acceptors (Lipinski definition) is 4. The van der Waals surface area contributed by atoms with Crippen LogP contribution in [-0.2, 0) is 4.79 Å². The molecule has 0 bridgehead atoms. The molecule has 0 radical (unpaired) electrons. The molecule has 1 heterocycles. The zero-order chi connectivity index (χ0) is 20.5. The van der Waals surface area contributed by atoms with Gasteiger partial charge in [-0.25, -0.2) is 0 Å². The second-order valence-corrected chi connectivity index (χ2v) is 7.96. The Morgan fingerprint density at radius 2 is 1.75 bits per heavy atom. The van der Waals surface area contributed by atoms with Crippen molar-refractivity contribution in [3.63, 3.8) is 0 Å². The van der Waals surface area contributed by atoms with Crippen LogP contribution in [0.25, 0.3) is 0 Å². The van der Waals surface area contributed by atoms with Crippen molar-refractivity contribution < 1.29 is 9.90 Å². The van der Waals surface area contributed by atoms with E-state index < -0.39 is 17.4 Å². The maximum Gasteiger partial charge on any atom is 0.309 e. The second-order valence-electron chi connectivity index (χ2n) is 7.96. The molecule has 0 saturated carbocycles. The molecule has 1 atom stereocenters. The quantitative estimate of drug-likeness (QED) is 0.372. The van der Waals surface area contributed by atoms with Gasteiger partial charge >= 0.3 is 5.97 Å². The van der Waals surface area contributed by atoms with E-state index in [2.05, 4.69) is 33.2 Å². The molecule has 7 nitrogen and oxygen atoms in total. The second kappa shape index (κ2) is 10.3. The lowest BCUT2D eigenvalue weighted by Crippen LogP contribution is -2.80. The number of anilines is 1. The molecular formula is C21H35N5O2. The first kappa shape index (κ1) is 22.0. The summed E-state index contributed by atoms with van der Waals surface area (Å²) in [4.78, 5) is 16.2. The van der Waals surface area contributed by atoms with Crippen LogP contribution >= 0.6 is 0 Å². The van der Waals surface area contributed by atoms with Gasteiger partial charge in [-0.3, -0.25) is 15.1 Å². The van der Waals surface area contributed by atoms with Crippen molar-refractivity contribution in [3.05, 3.63) is 30.3 Å². The first-order valence-electron chi connectivity index (χ1n) is 10.3. The highest BCUT2D eigenvalue weighted by molar-refractivity contribution is 5.84. The molecule has 1 aromatic rings. The first-order chi connectivity index (χ1) is 13.3. The Kier molecular flexibility index (Phi) is 8.11. The van der Waals surface area contributed by atoms with E-state index in [1.165, 1.54) is 32.1 Å². The minimum Gasteiger partial charge on any atom is -0.481 e. The van der Waals surface area contributed by atoms with E-state index in [4.69, 9.17) is 0 Å². The van der Waals surface area contributed by atoms with Gasteiger partial charge in [-0.2, -0.15) is 0 Å². The fraction of sp³-hybridized carbons (Fsp3) is 0.619. The largest absolute Gasteiger partial charge is 0.481 e. The molecule has 1 saturated heterocycles. The van der Waals surface area contributed by atoms with Crippen LogP contribution in [0.2, 0.25) is 0 Å². The van der Waals surface area contributed by atoms with Gasteiger partial charge in [-0.15, -0.1) is 0 Å². The molecule has 2 rings (SSSR count). The lowest BCUT2D eigenvalue weighted by atomic mass is 10.1.